The minimum atomic E-state index is -0.642. The molecule has 1 aromatic rings. The lowest BCUT2D eigenvalue weighted by Crippen LogP contribution is -2.08. The third-order valence-electron chi connectivity index (χ3n) is 2.71. The van der Waals surface area contributed by atoms with Gasteiger partial charge in [-0.05, 0) is 25.3 Å². The van der Waals surface area contributed by atoms with E-state index in [1.807, 2.05) is 31.2 Å². The van der Waals surface area contributed by atoms with Crippen molar-refractivity contribution in [2.75, 3.05) is 0 Å². The molecule has 1 saturated carbocycles. The lowest BCUT2D eigenvalue weighted by Gasteiger charge is -2.11. The van der Waals surface area contributed by atoms with Gasteiger partial charge in [0.25, 0.3) is 0 Å². The van der Waals surface area contributed by atoms with Gasteiger partial charge >= 0.3 is 0 Å². The van der Waals surface area contributed by atoms with Crippen molar-refractivity contribution in [2.24, 2.45) is 0 Å². The summed E-state index contributed by atoms with van der Waals surface area (Å²) in [4.78, 5) is 0. The van der Waals surface area contributed by atoms with Crippen molar-refractivity contribution in [3.8, 4) is 0 Å². The fourth-order valence-electron chi connectivity index (χ4n) is 1.62. The van der Waals surface area contributed by atoms with Gasteiger partial charge in [-0.25, -0.2) is 0 Å². The van der Waals surface area contributed by atoms with Gasteiger partial charge in [-0.15, -0.1) is 5.73 Å². The van der Waals surface area contributed by atoms with E-state index in [9.17, 15) is 5.11 Å². The summed E-state index contributed by atoms with van der Waals surface area (Å²) in [5.41, 5.74) is 5.32. The summed E-state index contributed by atoms with van der Waals surface area (Å²) in [7, 11) is 0. The highest BCUT2D eigenvalue weighted by Crippen LogP contribution is 2.45. The van der Waals surface area contributed by atoms with Gasteiger partial charge in [0.1, 0.15) is 0 Å². The van der Waals surface area contributed by atoms with Crippen LogP contribution in [0.4, 0.5) is 0 Å². The van der Waals surface area contributed by atoms with Crippen molar-refractivity contribution in [3.05, 3.63) is 47.7 Å². The Labute approximate surface area is 84.4 Å². The van der Waals surface area contributed by atoms with Gasteiger partial charge in [-0.2, -0.15) is 0 Å². The van der Waals surface area contributed by atoms with E-state index in [4.69, 9.17) is 0 Å². The summed E-state index contributed by atoms with van der Waals surface area (Å²) < 4.78 is 0. The number of aliphatic hydroxyl groups is 1. The first-order chi connectivity index (χ1) is 6.65. The summed E-state index contributed by atoms with van der Waals surface area (Å²) in [5, 5.41) is 9.97. The van der Waals surface area contributed by atoms with Crippen LogP contribution >= 0.6 is 0 Å². The van der Waals surface area contributed by atoms with E-state index < -0.39 is 5.60 Å². The average Bonchev–Trinajstić information content (AvgIpc) is 2.89. The van der Waals surface area contributed by atoms with E-state index in [2.05, 4.69) is 12.3 Å². The van der Waals surface area contributed by atoms with Gasteiger partial charge in [0.2, 0.25) is 0 Å². The van der Waals surface area contributed by atoms with Crippen LogP contribution < -0.4 is 0 Å². The molecule has 1 aliphatic carbocycles. The van der Waals surface area contributed by atoms with Crippen molar-refractivity contribution in [1.82, 2.24) is 0 Å². The fourth-order valence-corrected chi connectivity index (χ4v) is 1.62. The number of aryl methyl sites for hydroxylation is 1. The maximum Gasteiger partial charge on any atom is 0.0975 e. The summed E-state index contributed by atoms with van der Waals surface area (Å²) >= 11 is 0. The van der Waals surface area contributed by atoms with Crippen molar-refractivity contribution < 1.29 is 5.11 Å². The third kappa shape index (κ3) is 1.52. The third-order valence-corrected chi connectivity index (χ3v) is 2.71. The van der Waals surface area contributed by atoms with Gasteiger partial charge in [0.15, 0.2) is 0 Å². The monoisotopic (exact) mass is 186 g/mol. The van der Waals surface area contributed by atoms with E-state index >= 15 is 0 Å². The average molecular weight is 186 g/mol. The first-order valence-corrected chi connectivity index (χ1v) is 4.86. The van der Waals surface area contributed by atoms with Crippen molar-refractivity contribution >= 4 is 5.57 Å². The molecule has 1 aliphatic rings. The quantitative estimate of drug-likeness (QED) is 0.704. The van der Waals surface area contributed by atoms with Crippen LogP contribution in [0.1, 0.15) is 24.0 Å². The SMILES string of the molecule is C=C=C(c1ccc(C)cc1)C1(O)CC1. The molecule has 0 radical (unpaired) electrons. The molecule has 2 rings (SSSR count). The van der Waals surface area contributed by atoms with Crippen LogP contribution in [-0.2, 0) is 0 Å². The molecule has 1 fully saturated rings. The number of hydrogen-bond acceptors (Lipinski definition) is 1. The van der Waals surface area contributed by atoms with Crippen LogP contribution in [0, 0.1) is 6.92 Å². The van der Waals surface area contributed by atoms with E-state index in [0.29, 0.717) is 0 Å². The Kier molecular flexibility index (Phi) is 2.07. The molecule has 0 spiro atoms. The Balaban J connectivity index is 2.38. The highest BCUT2D eigenvalue weighted by molar-refractivity contribution is 5.73. The molecular weight excluding hydrogens is 172 g/mol. The van der Waals surface area contributed by atoms with Crippen LogP contribution in [0.2, 0.25) is 0 Å². The molecular formula is C13H14O. The second-order valence-corrected chi connectivity index (χ2v) is 3.95. The van der Waals surface area contributed by atoms with Gasteiger partial charge in [0, 0.05) is 5.57 Å². The van der Waals surface area contributed by atoms with E-state index in [1.165, 1.54) is 5.56 Å². The van der Waals surface area contributed by atoms with Crippen molar-refractivity contribution in [1.29, 1.82) is 0 Å². The predicted molar refractivity (Wildman–Crippen MR) is 57.9 cm³/mol. The van der Waals surface area contributed by atoms with Gasteiger partial charge < -0.3 is 5.11 Å². The molecule has 14 heavy (non-hydrogen) atoms. The molecule has 1 N–H and O–H groups in total. The van der Waals surface area contributed by atoms with Crippen molar-refractivity contribution in [3.63, 3.8) is 0 Å². The molecule has 1 aromatic carbocycles. The first-order valence-electron chi connectivity index (χ1n) is 4.86. The van der Waals surface area contributed by atoms with E-state index in [0.717, 1.165) is 24.0 Å². The molecule has 72 valence electrons. The predicted octanol–water partition coefficient (Wildman–Crippen LogP) is 2.69. The van der Waals surface area contributed by atoms with Crippen molar-refractivity contribution in [2.45, 2.75) is 25.4 Å². The lowest BCUT2D eigenvalue weighted by atomic mass is 9.99. The molecule has 0 atom stereocenters. The molecule has 0 aliphatic heterocycles. The second-order valence-electron chi connectivity index (χ2n) is 3.95. The van der Waals surface area contributed by atoms with E-state index in [-0.39, 0.29) is 0 Å². The van der Waals surface area contributed by atoms with Crippen LogP contribution in [0.15, 0.2) is 36.6 Å². The minimum Gasteiger partial charge on any atom is -0.384 e. The fraction of sp³-hybridized carbons (Fsp3) is 0.308. The Bertz CT molecular complexity index is 390. The highest BCUT2D eigenvalue weighted by Gasteiger charge is 2.44. The zero-order valence-electron chi connectivity index (χ0n) is 8.38. The van der Waals surface area contributed by atoms with Crippen LogP contribution in [0.3, 0.4) is 0 Å². The number of rotatable bonds is 2. The number of hydrogen-bond donors (Lipinski definition) is 1. The van der Waals surface area contributed by atoms with Crippen LogP contribution in [0.5, 0.6) is 0 Å². The van der Waals surface area contributed by atoms with Crippen LogP contribution in [0.25, 0.3) is 5.57 Å². The zero-order valence-corrected chi connectivity index (χ0v) is 8.38. The Morgan fingerprint density at radius 2 is 1.93 bits per heavy atom. The normalized spacial score (nSPS) is 17.3. The molecule has 0 amide bonds. The molecule has 0 aromatic heterocycles. The molecule has 1 heteroatoms. The van der Waals surface area contributed by atoms with E-state index in [1.54, 1.807) is 0 Å². The Hall–Kier alpha value is -1.30. The summed E-state index contributed by atoms with van der Waals surface area (Å²) in [6.07, 6.45) is 1.66. The molecule has 1 nitrogen and oxygen atoms in total. The Morgan fingerprint density at radius 1 is 1.36 bits per heavy atom. The first kappa shape index (κ1) is 9.26. The van der Waals surface area contributed by atoms with Gasteiger partial charge in [0.05, 0.1) is 5.60 Å². The molecule has 0 saturated heterocycles. The molecule has 0 unspecified atom stereocenters. The molecule has 0 bridgehead atoms. The van der Waals surface area contributed by atoms with Crippen LogP contribution in [-0.4, -0.2) is 10.7 Å². The topological polar surface area (TPSA) is 20.2 Å². The lowest BCUT2D eigenvalue weighted by molar-refractivity contribution is 0.212. The second kappa shape index (κ2) is 3.13. The Morgan fingerprint density at radius 3 is 2.36 bits per heavy atom. The van der Waals surface area contributed by atoms with Gasteiger partial charge in [-0.3, -0.25) is 0 Å². The standard InChI is InChI=1S/C13H14O/c1-3-12(13(14)8-9-13)11-6-4-10(2)5-7-11/h4-7,14H,1,8-9H2,2H3. The number of benzene rings is 1. The smallest absolute Gasteiger partial charge is 0.0975 e. The summed E-state index contributed by atoms with van der Waals surface area (Å²) in [5.74, 6) is 0. The minimum absolute atomic E-state index is 0.642. The van der Waals surface area contributed by atoms with Gasteiger partial charge in [-0.1, -0.05) is 36.4 Å². The maximum absolute atomic E-state index is 9.97. The maximum atomic E-state index is 9.97. The zero-order chi connectivity index (χ0) is 10.2. The summed E-state index contributed by atoms with van der Waals surface area (Å²) in [6, 6.07) is 8.11. The highest BCUT2D eigenvalue weighted by atomic mass is 16.3. The largest absolute Gasteiger partial charge is 0.384 e. The summed E-state index contributed by atoms with van der Waals surface area (Å²) in [6.45, 7) is 5.69. The molecule has 0 heterocycles.